The van der Waals surface area contributed by atoms with E-state index >= 15 is 0 Å². The zero-order chi connectivity index (χ0) is 13.0. The van der Waals surface area contributed by atoms with E-state index in [2.05, 4.69) is 43.0 Å². The average molecular weight is 246 g/mol. The molecule has 100 valence electrons. The molecule has 0 aliphatic heterocycles. The van der Waals surface area contributed by atoms with Crippen LogP contribution < -0.4 is 5.73 Å². The molecule has 2 nitrogen and oxygen atoms in total. The van der Waals surface area contributed by atoms with Gasteiger partial charge in [-0.1, -0.05) is 43.2 Å². The third-order valence-electron chi connectivity index (χ3n) is 4.25. The van der Waals surface area contributed by atoms with E-state index in [0.29, 0.717) is 12.6 Å². The summed E-state index contributed by atoms with van der Waals surface area (Å²) in [6.45, 7) is 7.39. The molecule has 1 aromatic rings. The van der Waals surface area contributed by atoms with Gasteiger partial charge in [0, 0.05) is 19.1 Å². The van der Waals surface area contributed by atoms with Crippen LogP contribution in [0.25, 0.3) is 0 Å². The van der Waals surface area contributed by atoms with Gasteiger partial charge in [0.2, 0.25) is 0 Å². The molecule has 0 spiro atoms. The number of aryl methyl sites for hydroxylation is 1. The molecule has 2 N–H and O–H groups in total. The van der Waals surface area contributed by atoms with Gasteiger partial charge in [0.15, 0.2) is 0 Å². The van der Waals surface area contributed by atoms with Gasteiger partial charge in [-0.2, -0.15) is 0 Å². The molecular formula is C16H26N2. The molecule has 1 aliphatic carbocycles. The van der Waals surface area contributed by atoms with Crippen LogP contribution in [0.1, 0.15) is 43.4 Å². The molecule has 0 aromatic heterocycles. The normalized spacial score (nSPS) is 17.8. The summed E-state index contributed by atoms with van der Waals surface area (Å²) in [7, 11) is 0. The smallest absolute Gasteiger partial charge is 0.0470 e. The summed E-state index contributed by atoms with van der Waals surface area (Å²) < 4.78 is 0. The molecule has 0 radical (unpaired) electrons. The predicted octanol–water partition coefficient (Wildman–Crippen LogP) is 3.12. The Morgan fingerprint density at radius 1 is 1.28 bits per heavy atom. The fourth-order valence-corrected chi connectivity index (χ4v) is 2.77. The number of hydrogen-bond acceptors (Lipinski definition) is 2. The van der Waals surface area contributed by atoms with E-state index in [1.807, 2.05) is 0 Å². The summed E-state index contributed by atoms with van der Waals surface area (Å²) in [5.74, 6) is 0.907. The van der Waals surface area contributed by atoms with Crippen molar-refractivity contribution >= 4 is 0 Å². The van der Waals surface area contributed by atoms with E-state index in [4.69, 9.17) is 5.73 Å². The Bertz CT molecular complexity index is 354. The molecule has 1 aliphatic rings. The molecule has 1 saturated carbocycles. The number of benzene rings is 1. The quantitative estimate of drug-likeness (QED) is 0.835. The second-order valence-corrected chi connectivity index (χ2v) is 5.55. The summed E-state index contributed by atoms with van der Waals surface area (Å²) in [5, 5.41) is 0. The molecule has 0 saturated heterocycles. The standard InChI is InChI=1S/C16H26N2/c1-3-18(12-14-5-4-6-14)16(11-17)15-9-7-13(2)8-10-15/h7-10,14,16H,3-6,11-12,17H2,1-2H3. The third kappa shape index (κ3) is 3.12. The number of nitrogens with zero attached hydrogens (tertiary/aromatic N) is 1. The van der Waals surface area contributed by atoms with Crippen LogP contribution in [-0.4, -0.2) is 24.5 Å². The van der Waals surface area contributed by atoms with Crippen molar-refractivity contribution in [3.05, 3.63) is 35.4 Å². The van der Waals surface area contributed by atoms with Crippen molar-refractivity contribution in [3.63, 3.8) is 0 Å². The fourth-order valence-electron chi connectivity index (χ4n) is 2.77. The van der Waals surface area contributed by atoms with E-state index in [1.54, 1.807) is 0 Å². The summed E-state index contributed by atoms with van der Waals surface area (Å²) in [6.07, 6.45) is 4.23. The van der Waals surface area contributed by atoms with Crippen molar-refractivity contribution in [3.8, 4) is 0 Å². The maximum Gasteiger partial charge on any atom is 0.0470 e. The summed E-state index contributed by atoms with van der Waals surface area (Å²) in [6, 6.07) is 9.23. The summed E-state index contributed by atoms with van der Waals surface area (Å²) in [4.78, 5) is 2.55. The highest BCUT2D eigenvalue weighted by atomic mass is 15.2. The summed E-state index contributed by atoms with van der Waals surface area (Å²) >= 11 is 0. The molecule has 2 rings (SSSR count). The Hall–Kier alpha value is -0.860. The van der Waals surface area contributed by atoms with Crippen LogP contribution in [0, 0.1) is 12.8 Å². The van der Waals surface area contributed by atoms with Crippen LogP contribution >= 0.6 is 0 Å². The van der Waals surface area contributed by atoms with Crippen LogP contribution in [-0.2, 0) is 0 Å². The zero-order valence-corrected chi connectivity index (χ0v) is 11.7. The van der Waals surface area contributed by atoms with Gasteiger partial charge in [-0.15, -0.1) is 0 Å². The largest absolute Gasteiger partial charge is 0.329 e. The van der Waals surface area contributed by atoms with Crippen molar-refractivity contribution < 1.29 is 0 Å². The Balaban J connectivity index is 2.06. The van der Waals surface area contributed by atoms with E-state index in [9.17, 15) is 0 Å². The lowest BCUT2D eigenvalue weighted by Crippen LogP contribution is -2.38. The first-order chi connectivity index (χ1) is 8.74. The maximum absolute atomic E-state index is 6.01. The Labute approximate surface area is 111 Å². The van der Waals surface area contributed by atoms with Gasteiger partial charge in [0.1, 0.15) is 0 Å². The molecule has 0 amide bonds. The van der Waals surface area contributed by atoms with Crippen LogP contribution in [0.15, 0.2) is 24.3 Å². The fraction of sp³-hybridized carbons (Fsp3) is 0.625. The van der Waals surface area contributed by atoms with Gasteiger partial charge >= 0.3 is 0 Å². The predicted molar refractivity (Wildman–Crippen MR) is 77.6 cm³/mol. The molecule has 1 atom stereocenters. The highest BCUT2D eigenvalue weighted by Crippen LogP contribution is 2.30. The minimum absolute atomic E-state index is 0.385. The minimum Gasteiger partial charge on any atom is -0.329 e. The van der Waals surface area contributed by atoms with Crippen molar-refractivity contribution in [1.82, 2.24) is 4.90 Å². The molecule has 1 fully saturated rings. The van der Waals surface area contributed by atoms with E-state index in [0.717, 1.165) is 12.5 Å². The van der Waals surface area contributed by atoms with Gasteiger partial charge in [-0.05, 0) is 37.8 Å². The third-order valence-corrected chi connectivity index (χ3v) is 4.25. The van der Waals surface area contributed by atoms with Crippen molar-refractivity contribution in [1.29, 1.82) is 0 Å². The highest BCUT2D eigenvalue weighted by Gasteiger charge is 2.24. The number of rotatable bonds is 6. The molecule has 2 heteroatoms. The SMILES string of the molecule is CCN(CC1CCC1)C(CN)c1ccc(C)cc1. The molecule has 0 bridgehead atoms. The van der Waals surface area contributed by atoms with Gasteiger partial charge in [0.25, 0.3) is 0 Å². The van der Waals surface area contributed by atoms with Gasteiger partial charge in [-0.3, -0.25) is 4.90 Å². The lowest BCUT2D eigenvalue weighted by molar-refractivity contribution is 0.141. The Morgan fingerprint density at radius 3 is 2.39 bits per heavy atom. The average Bonchev–Trinajstić information content (AvgIpc) is 2.34. The lowest BCUT2D eigenvalue weighted by Gasteiger charge is -2.36. The van der Waals surface area contributed by atoms with Crippen LogP contribution in [0.5, 0.6) is 0 Å². The van der Waals surface area contributed by atoms with Crippen molar-refractivity contribution in [2.75, 3.05) is 19.6 Å². The van der Waals surface area contributed by atoms with Crippen LogP contribution in [0.4, 0.5) is 0 Å². The maximum atomic E-state index is 6.01. The first kappa shape index (κ1) is 13.6. The summed E-state index contributed by atoms with van der Waals surface area (Å²) in [5.41, 5.74) is 8.69. The van der Waals surface area contributed by atoms with Crippen molar-refractivity contribution in [2.24, 2.45) is 11.7 Å². The Morgan fingerprint density at radius 2 is 1.94 bits per heavy atom. The van der Waals surface area contributed by atoms with Gasteiger partial charge < -0.3 is 5.73 Å². The van der Waals surface area contributed by atoms with Crippen molar-refractivity contribution in [2.45, 2.75) is 39.2 Å². The molecule has 0 heterocycles. The second-order valence-electron chi connectivity index (χ2n) is 5.55. The number of nitrogens with two attached hydrogens (primary N) is 1. The minimum atomic E-state index is 0.385. The number of hydrogen-bond donors (Lipinski definition) is 1. The van der Waals surface area contributed by atoms with E-state index < -0.39 is 0 Å². The first-order valence-corrected chi connectivity index (χ1v) is 7.25. The molecule has 1 aromatic carbocycles. The lowest BCUT2D eigenvalue weighted by atomic mass is 9.84. The van der Waals surface area contributed by atoms with Crippen LogP contribution in [0.3, 0.4) is 0 Å². The Kier molecular flexibility index (Phi) is 4.79. The highest BCUT2D eigenvalue weighted by molar-refractivity contribution is 5.24. The first-order valence-electron chi connectivity index (χ1n) is 7.25. The monoisotopic (exact) mass is 246 g/mol. The molecule has 18 heavy (non-hydrogen) atoms. The van der Waals surface area contributed by atoms with E-state index in [-0.39, 0.29) is 0 Å². The van der Waals surface area contributed by atoms with E-state index in [1.165, 1.54) is 36.9 Å². The van der Waals surface area contributed by atoms with Gasteiger partial charge in [-0.25, -0.2) is 0 Å². The molecular weight excluding hydrogens is 220 g/mol. The molecule has 1 unspecified atom stereocenters. The van der Waals surface area contributed by atoms with Gasteiger partial charge in [0.05, 0.1) is 0 Å². The number of likely N-dealkylation sites (N-methyl/N-ethyl adjacent to an activating group) is 1. The second kappa shape index (κ2) is 6.35. The topological polar surface area (TPSA) is 29.3 Å². The van der Waals surface area contributed by atoms with Crippen LogP contribution in [0.2, 0.25) is 0 Å². The zero-order valence-electron chi connectivity index (χ0n) is 11.7.